The molecule has 2 aromatic carbocycles. The molecule has 2 aromatic heterocycles. The van der Waals surface area contributed by atoms with Crippen molar-refractivity contribution in [2.45, 2.75) is 6.18 Å². The van der Waals surface area contributed by atoms with Crippen molar-refractivity contribution in [1.82, 2.24) is 9.97 Å². The zero-order chi connectivity index (χ0) is 19.5. The summed E-state index contributed by atoms with van der Waals surface area (Å²) in [5.41, 5.74) is 3.64. The second kappa shape index (κ2) is 5.73. The molecule has 0 amide bonds. The second-order valence-electron chi connectivity index (χ2n) is 6.53. The maximum Gasteiger partial charge on any atom is 0.416 e. The number of fused-ring (bicyclic) bond motifs is 5. The minimum Gasteiger partial charge on any atom is -0.288 e. The van der Waals surface area contributed by atoms with Crippen molar-refractivity contribution in [3.05, 3.63) is 83.6 Å². The monoisotopic (exact) mass is 376 g/mol. The van der Waals surface area contributed by atoms with Crippen molar-refractivity contribution in [2.75, 3.05) is 0 Å². The minimum absolute atomic E-state index is 0.194. The predicted molar refractivity (Wildman–Crippen MR) is 98.8 cm³/mol. The van der Waals surface area contributed by atoms with Gasteiger partial charge in [0.15, 0.2) is 5.78 Å². The Kier molecular flexibility index (Phi) is 3.40. The molecule has 0 atom stereocenters. The summed E-state index contributed by atoms with van der Waals surface area (Å²) in [6, 6.07) is 15.4. The van der Waals surface area contributed by atoms with Gasteiger partial charge < -0.3 is 0 Å². The summed E-state index contributed by atoms with van der Waals surface area (Å²) in [7, 11) is 0. The van der Waals surface area contributed by atoms with Crippen LogP contribution in [0.1, 0.15) is 21.5 Å². The molecule has 1 aliphatic carbocycles. The molecule has 0 saturated carbocycles. The fourth-order valence-corrected chi connectivity index (χ4v) is 3.64. The van der Waals surface area contributed by atoms with Crippen LogP contribution in [0.5, 0.6) is 0 Å². The van der Waals surface area contributed by atoms with Gasteiger partial charge in [-0.05, 0) is 29.8 Å². The molecule has 136 valence electrons. The summed E-state index contributed by atoms with van der Waals surface area (Å²) in [4.78, 5) is 22.1. The molecule has 28 heavy (non-hydrogen) atoms. The molecular formula is C22H11F3N2O. The number of carbonyl (C=O) groups is 1. The number of halogens is 3. The van der Waals surface area contributed by atoms with E-state index in [4.69, 9.17) is 0 Å². The fraction of sp³-hybridized carbons (Fsp3) is 0.0455. The number of hydrogen-bond donors (Lipinski definition) is 0. The summed E-state index contributed by atoms with van der Waals surface area (Å²) in [6.07, 6.45) is -2.79. The van der Waals surface area contributed by atoms with Crippen molar-refractivity contribution >= 4 is 16.8 Å². The van der Waals surface area contributed by atoms with Gasteiger partial charge in [0, 0.05) is 22.9 Å². The summed E-state index contributed by atoms with van der Waals surface area (Å²) >= 11 is 0. The Balaban J connectivity index is 1.82. The van der Waals surface area contributed by atoms with Gasteiger partial charge in [-0.15, -0.1) is 0 Å². The minimum atomic E-state index is -4.42. The number of carbonyl (C=O) groups excluding carboxylic acids is 1. The standard InChI is InChI=1S/C22H11F3N2O/c23-22(24,25)13-9-7-12(8-10-13)19-18-17(20-16(27-19)6-3-11-26-20)14-4-1-2-5-15(14)21(18)28/h1-11H. The second-order valence-corrected chi connectivity index (χ2v) is 6.53. The lowest BCUT2D eigenvalue weighted by atomic mass is 9.98. The van der Waals surface area contributed by atoms with Gasteiger partial charge in [-0.1, -0.05) is 36.4 Å². The highest BCUT2D eigenvalue weighted by Crippen LogP contribution is 2.44. The van der Waals surface area contributed by atoms with Crippen LogP contribution in [0, 0.1) is 0 Å². The number of pyridine rings is 2. The molecule has 0 bridgehead atoms. The zero-order valence-electron chi connectivity index (χ0n) is 14.3. The molecule has 0 fully saturated rings. The molecule has 5 rings (SSSR count). The van der Waals surface area contributed by atoms with Gasteiger partial charge >= 0.3 is 6.18 Å². The van der Waals surface area contributed by atoms with E-state index in [1.54, 1.807) is 30.5 Å². The van der Waals surface area contributed by atoms with E-state index in [0.29, 0.717) is 39.0 Å². The van der Waals surface area contributed by atoms with E-state index in [0.717, 1.165) is 17.7 Å². The van der Waals surface area contributed by atoms with Crippen molar-refractivity contribution in [3.63, 3.8) is 0 Å². The Labute approximate surface area is 157 Å². The third kappa shape index (κ3) is 2.34. The predicted octanol–water partition coefficient (Wildman–Crippen LogP) is 5.53. The summed E-state index contributed by atoms with van der Waals surface area (Å²) < 4.78 is 38.7. The molecule has 2 heterocycles. The largest absolute Gasteiger partial charge is 0.416 e. The average Bonchev–Trinajstić information content (AvgIpc) is 3.00. The molecule has 0 N–H and O–H groups in total. The topological polar surface area (TPSA) is 42.9 Å². The van der Waals surface area contributed by atoms with Crippen molar-refractivity contribution in [3.8, 4) is 22.4 Å². The maximum atomic E-state index is 13.1. The van der Waals surface area contributed by atoms with Crippen LogP contribution in [0.25, 0.3) is 33.4 Å². The molecular weight excluding hydrogens is 365 g/mol. The van der Waals surface area contributed by atoms with Gasteiger partial charge in [0.05, 0.1) is 27.9 Å². The molecule has 6 heteroatoms. The lowest BCUT2D eigenvalue weighted by Gasteiger charge is -2.12. The number of nitrogens with zero attached hydrogens (tertiary/aromatic N) is 2. The van der Waals surface area contributed by atoms with Gasteiger partial charge in [-0.2, -0.15) is 13.2 Å². The molecule has 0 saturated heterocycles. The van der Waals surface area contributed by atoms with Crippen molar-refractivity contribution < 1.29 is 18.0 Å². The van der Waals surface area contributed by atoms with E-state index in [1.165, 1.54) is 12.1 Å². The van der Waals surface area contributed by atoms with Crippen molar-refractivity contribution in [1.29, 1.82) is 0 Å². The fourth-order valence-electron chi connectivity index (χ4n) is 3.64. The van der Waals surface area contributed by atoms with E-state index in [-0.39, 0.29) is 5.78 Å². The van der Waals surface area contributed by atoms with E-state index >= 15 is 0 Å². The third-order valence-corrected chi connectivity index (χ3v) is 4.90. The Morgan fingerprint density at radius 2 is 1.50 bits per heavy atom. The van der Waals surface area contributed by atoms with E-state index < -0.39 is 11.7 Å². The highest BCUT2D eigenvalue weighted by atomic mass is 19.4. The van der Waals surface area contributed by atoms with Gasteiger partial charge in [0.2, 0.25) is 0 Å². The van der Waals surface area contributed by atoms with Crippen LogP contribution in [0.3, 0.4) is 0 Å². The number of benzene rings is 2. The van der Waals surface area contributed by atoms with E-state index in [1.807, 2.05) is 12.1 Å². The van der Waals surface area contributed by atoms with Crippen LogP contribution in [-0.4, -0.2) is 15.8 Å². The Hall–Kier alpha value is -3.54. The van der Waals surface area contributed by atoms with E-state index in [2.05, 4.69) is 9.97 Å². The normalized spacial score (nSPS) is 12.9. The van der Waals surface area contributed by atoms with Crippen LogP contribution >= 0.6 is 0 Å². The smallest absolute Gasteiger partial charge is 0.288 e. The lowest BCUT2D eigenvalue weighted by Crippen LogP contribution is -2.05. The summed E-state index contributed by atoms with van der Waals surface area (Å²) in [5, 5.41) is 0. The van der Waals surface area contributed by atoms with Gasteiger partial charge in [-0.3, -0.25) is 9.78 Å². The molecule has 0 unspecified atom stereocenters. The maximum absolute atomic E-state index is 13.1. The first kappa shape index (κ1) is 16.6. The van der Waals surface area contributed by atoms with Gasteiger partial charge in [0.1, 0.15) is 0 Å². The zero-order valence-corrected chi connectivity index (χ0v) is 14.3. The number of alkyl halides is 3. The Morgan fingerprint density at radius 3 is 2.21 bits per heavy atom. The quantitative estimate of drug-likeness (QED) is 0.386. The third-order valence-electron chi connectivity index (χ3n) is 4.90. The van der Waals surface area contributed by atoms with Crippen molar-refractivity contribution in [2.24, 2.45) is 0 Å². The van der Waals surface area contributed by atoms with Crippen LogP contribution in [0.2, 0.25) is 0 Å². The SMILES string of the molecule is O=C1c2ccccc2-c2c1c(-c1ccc(C(F)(F)F)cc1)nc1cccnc21. The van der Waals surface area contributed by atoms with Gasteiger partial charge in [-0.25, -0.2) is 4.98 Å². The van der Waals surface area contributed by atoms with Crippen LogP contribution in [0.4, 0.5) is 13.2 Å². The molecule has 0 spiro atoms. The molecule has 4 aromatic rings. The first-order chi connectivity index (χ1) is 13.4. The molecule has 3 nitrogen and oxygen atoms in total. The van der Waals surface area contributed by atoms with E-state index in [9.17, 15) is 18.0 Å². The highest BCUT2D eigenvalue weighted by Gasteiger charge is 2.34. The average molecular weight is 376 g/mol. The first-order valence-corrected chi connectivity index (χ1v) is 8.55. The van der Waals surface area contributed by atoms with Crippen LogP contribution < -0.4 is 0 Å². The number of aromatic nitrogens is 2. The number of ketones is 1. The highest BCUT2D eigenvalue weighted by molar-refractivity contribution is 6.27. The first-order valence-electron chi connectivity index (χ1n) is 8.55. The Bertz CT molecular complexity index is 1260. The van der Waals surface area contributed by atoms with Crippen LogP contribution in [-0.2, 0) is 6.18 Å². The van der Waals surface area contributed by atoms with Crippen LogP contribution in [0.15, 0.2) is 66.9 Å². The molecule has 1 aliphatic rings. The molecule has 0 radical (unpaired) electrons. The summed E-state index contributed by atoms with van der Waals surface area (Å²) in [6.45, 7) is 0. The van der Waals surface area contributed by atoms with Gasteiger partial charge in [0.25, 0.3) is 0 Å². The number of hydrogen-bond acceptors (Lipinski definition) is 3. The summed E-state index contributed by atoms with van der Waals surface area (Å²) in [5.74, 6) is -0.194. The molecule has 0 aliphatic heterocycles. The lowest BCUT2D eigenvalue weighted by molar-refractivity contribution is -0.137. The Morgan fingerprint density at radius 1 is 0.786 bits per heavy atom. The number of rotatable bonds is 1.